The van der Waals surface area contributed by atoms with Crippen molar-refractivity contribution in [2.45, 2.75) is 43.7 Å². The molecule has 0 aromatic carbocycles. The fourth-order valence-electron chi connectivity index (χ4n) is 2.37. The number of aliphatic carboxylic acids is 1. The van der Waals surface area contributed by atoms with E-state index >= 15 is 0 Å². The molecule has 8 heteroatoms. The van der Waals surface area contributed by atoms with Crippen LogP contribution in [-0.4, -0.2) is 46.2 Å². The summed E-state index contributed by atoms with van der Waals surface area (Å²) >= 11 is 0. The zero-order valence-corrected chi connectivity index (χ0v) is 11.5. The zero-order chi connectivity index (χ0) is 14.0. The van der Waals surface area contributed by atoms with Gasteiger partial charge in [-0.05, 0) is 19.3 Å². The van der Waals surface area contributed by atoms with Crippen molar-refractivity contribution in [2.75, 3.05) is 6.54 Å². The maximum atomic E-state index is 12.4. The first-order valence-corrected chi connectivity index (χ1v) is 7.65. The van der Waals surface area contributed by atoms with E-state index in [2.05, 4.69) is 5.10 Å². The predicted octanol–water partition coefficient (Wildman–Crippen LogP) is 0.531. The second-order valence-electron chi connectivity index (χ2n) is 4.59. The summed E-state index contributed by atoms with van der Waals surface area (Å²) in [7, 11) is -3.56. The molecule has 1 fully saturated rings. The highest BCUT2D eigenvalue weighted by atomic mass is 32.2. The number of carboxylic acids is 1. The third-order valence-corrected chi connectivity index (χ3v) is 5.21. The standard InChI is InChI=1S/C11H17N3O4S/c1-2-9-4-3-5-14(9)19(17,18)10-6-12-13(7-10)8-11(15)16/h6-7,9H,2-5,8H2,1H3,(H,15,16). The topological polar surface area (TPSA) is 92.5 Å². The number of hydrogen-bond acceptors (Lipinski definition) is 4. The highest BCUT2D eigenvalue weighted by Crippen LogP contribution is 2.27. The molecule has 0 bridgehead atoms. The monoisotopic (exact) mass is 287 g/mol. The van der Waals surface area contributed by atoms with Gasteiger partial charge in [0, 0.05) is 18.8 Å². The van der Waals surface area contributed by atoms with Gasteiger partial charge in [-0.25, -0.2) is 8.42 Å². The smallest absolute Gasteiger partial charge is 0.325 e. The van der Waals surface area contributed by atoms with Crippen LogP contribution in [0.1, 0.15) is 26.2 Å². The second kappa shape index (κ2) is 5.30. The van der Waals surface area contributed by atoms with Crippen LogP contribution in [-0.2, 0) is 21.4 Å². The van der Waals surface area contributed by atoms with Gasteiger partial charge in [0.05, 0.1) is 6.20 Å². The Morgan fingerprint density at radius 3 is 2.95 bits per heavy atom. The van der Waals surface area contributed by atoms with Crippen molar-refractivity contribution < 1.29 is 18.3 Å². The van der Waals surface area contributed by atoms with E-state index in [-0.39, 0.29) is 17.5 Å². The van der Waals surface area contributed by atoms with Gasteiger partial charge in [-0.1, -0.05) is 6.92 Å². The Labute approximate surface area is 111 Å². The van der Waals surface area contributed by atoms with Crippen LogP contribution in [0.15, 0.2) is 17.3 Å². The van der Waals surface area contributed by atoms with E-state index in [0.29, 0.717) is 6.54 Å². The van der Waals surface area contributed by atoms with Crippen molar-refractivity contribution in [3.63, 3.8) is 0 Å². The average Bonchev–Trinajstić information content (AvgIpc) is 2.95. The first-order valence-electron chi connectivity index (χ1n) is 6.21. The van der Waals surface area contributed by atoms with Crippen molar-refractivity contribution in [1.29, 1.82) is 0 Å². The number of carboxylic acid groups (broad SMARTS) is 1. The molecular weight excluding hydrogens is 270 g/mol. The Hall–Kier alpha value is -1.41. The van der Waals surface area contributed by atoms with Gasteiger partial charge in [-0.3, -0.25) is 9.48 Å². The Bertz CT molecular complexity index is 566. The molecule has 1 aromatic heterocycles. The molecule has 1 unspecified atom stereocenters. The van der Waals surface area contributed by atoms with Gasteiger partial charge < -0.3 is 5.11 Å². The lowest BCUT2D eigenvalue weighted by Crippen LogP contribution is -2.34. The predicted molar refractivity (Wildman–Crippen MR) is 67.1 cm³/mol. The summed E-state index contributed by atoms with van der Waals surface area (Å²) in [5.41, 5.74) is 0. The summed E-state index contributed by atoms with van der Waals surface area (Å²) in [6.45, 7) is 2.14. The summed E-state index contributed by atoms with van der Waals surface area (Å²) in [5, 5.41) is 12.4. The minimum Gasteiger partial charge on any atom is -0.480 e. The molecule has 1 N–H and O–H groups in total. The van der Waals surface area contributed by atoms with Crippen LogP contribution >= 0.6 is 0 Å². The van der Waals surface area contributed by atoms with E-state index in [1.807, 2.05) is 6.92 Å². The molecular formula is C11H17N3O4S. The molecule has 0 saturated carbocycles. The molecule has 1 atom stereocenters. The summed E-state index contributed by atoms with van der Waals surface area (Å²) in [6, 6.07) is 0.0350. The molecule has 2 rings (SSSR count). The largest absolute Gasteiger partial charge is 0.480 e. The zero-order valence-electron chi connectivity index (χ0n) is 10.7. The minimum absolute atomic E-state index is 0.0350. The average molecular weight is 287 g/mol. The van der Waals surface area contributed by atoms with Crippen molar-refractivity contribution >= 4 is 16.0 Å². The third kappa shape index (κ3) is 2.79. The molecule has 1 aromatic rings. The number of hydrogen-bond donors (Lipinski definition) is 1. The molecule has 1 aliphatic heterocycles. The lowest BCUT2D eigenvalue weighted by molar-refractivity contribution is -0.137. The van der Waals surface area contributed by atoms with Crippen LogP contribution in [0.2, 0.25) is 0 Å². The molecule has 106 valence electrons. The maximum Gasteiger partial charge on any atom is 0.325 e. The summed E-state index contributed by atoms with van der Waals surface area (Å²) in [6.07, 6.45) is 5.00. The van der Waals surface area contributed by atoms with Crippen LogP contribution in [0.25, 0.3) is 0 Å². The van der Waals surface area contributed by atoms with Crippen LogP contribution in [0.3, 0.4) is 0 Å². The molecule has 1 saturated heterocycles. The van der Waals surface area contributed by atoms with E-state index in [4.69, 9.17) is 5.11 Å². The van der Waals surface area contributed by atoms with Crippen molar-refractivity contribution in [2.24, 2.45) is 0 Å². The number of aromatic nitrogens is 2. The van der Waals surface area contributed by atoms with Gasteiger partial charge >= 0.3 is 5.97 Å². The first-order chi connectivity index (χ1) is 8.95. The van der Waals surface area contributed by atoms with Gasteiger partial charge in [0.15, 0.2) is 0 Å². The summed E-state index contributed by atoms with van der Waals surface area (Å²) in [5.74, 6) is -1.06. The van der Waals surface area contributed by atoms with Gasteiger partial charge in [0.25, 0.3) is 0 Å². The fourth-order valence-corrected chi connectivity index (χ4v) is 4.09. The van der Waals surface area contributed by atoms with Crippen LogP contribution < -0.4 is 0 Å². The van der Waals surface area contributed by atoms with E-state index in [9.17, 15) is 13.2 Å². The van der Waals surface area contributed by atoms with E-state index in [1.54, 1.807) is 0 Å². The lowest BCUT2D eigenvalue weighted by atomic mass is 10.2. The molecule has 2 heterocycles. The Balaban J connectivity index is 2.24. The number of sulfonamides is 1. The van der Waals surface area contributed by atoms with Crippen molar-refractivity contribution in [1.82, 2.24) is 14.1 Å². The number of carbonyl (C=O) groups is 1. The Morgan fingerprint density at radius 1 is 1.58 bits per heavy atom. The Kier molecular flexibility index (Phi) is 3.91. The van der Waals surface area contributed by atoms with E-state index < -0.39 is 16.0 Å². The van der Waals surface area contributed by atoms with Gasteiger partial charge in [-0.15, -0.1) is 0 Å². The quantitative estimate of drug-likeness (QED) is 0.852. The van der Waals surface area contributed by atoms with Crippen LogP contribution in [0.5, 0.6) is 0 Å². The molecule has 7 nitrogen and oxygen atoms in total. The van der Waals surface area contributed by atoms with E-state index in [1.165, 1.54) is 16.7 Å². The first kappa shape index (κ1) is 14.0. The second-order valence-corrected chi connectivity index (χ2v) is 6.48. The molecule has 1 aliphatic rings. The van der Waals surface area contributed by atoms with Crippen molar-refractivity contribution in [3.8, 4) is 0 Å². The van der Waals surface area contributed by atoms with Gasteiger partial charge in [0.2, 0.25) is 10.0 Å². The maximum absolute atomic E-state index is 12.4. The van der Waals surface area contributed by atoms with Gasteiger partial charge in [0.1, 0.15) is 11.4 Å². The summed E-state index contributed by atoms with van der Waals surface area (Å²) in [4.78, 5) is 10.6. The molecule has 0 spiro atoms. The highest BCUT2D eigenvalue weighted by molar-refractivity contribution is 7.89. The molecule has 0 radical (unpaired) electrons. The lowest BCUT2D eigenvalue weighted by Gasteiger charge is -2.21. The normalized spacial score (nSPS) is 20.8. The molecule has 19 heavy (non-hydrogen) atoms. The number of nitrogens with zero attached hydrogens (tertiary/aromatic N) is 3. The van der Waals surface area contributed by atoms with Gasteiger partial charge in [-0.2, -0.15) is 9.40 Å². The molecule has 0 aliphatic carbocycles. The highest BCUT2D eigenvalue weighted by Gasteiger charge is 2.34. The Morgan fingerprint density at radius 2 is 2.32 bits per heavy atom. The number of rotatable bonds is 5. The molecule has 0 amide bonds. The third-order valence-electron chi connectivity index (χ3n) is 3.31. The van der Waals surface area contributed by atoms with E-state index in [0.717, 1.165) is 23.9 Å². The SMILES string of the molecule is CCC1CCCN1S(=O)(=O)c1cnn(CC(=O)O)c1. The fraction of sp³-hybridized carbons (Fsp3) is 0.636. The summed E-state index contributed by atoms with van der Waals surface area (Å²) < 4.78 is 27.5. The van der Waals surface area contributed by atoms with Crippen LogP contribution in [0, 0.1) is 0 Å². The van der Waals surface area contributed by atoms with Crippen LogP contribution in [0.4, 0.5) is 0 Å². The minimum atomic E-state index is -3.56. The van der Waals surface area contributed by atoms with Crippen molar-refractivity contribution in [3.05, 3.63) is 12.4 Å².